The second kappa shape index (κ2) is 10.8. The van der Waals surface area contributed by atoms with E-state index in [1.807, 2.05) is 54.1 Å². The molecule has 1 saturated heterocycles. The Morgan fingerprint density at radius 3 is 2.89 bits per heavy atom. The van der Waals surface area contributed by atoms with E-state index in [0.29, 0.717) is 18.0 Å². The molecule has 2 amide bonds. The molecule has 0 saturated carbocycles. The number of carbonyl (C=O) groups excluding carboxylic acids is 1. The van der Waals surface area contributed by atoms with Crippen LogP contribution in [0.25, 0.3) is 33.0 Å². The van der Waals surface area contributed by atoms with E-state index in [9.17, 15) is 14.7 Å². The number of aromatic nitrogens is 1. The number of nitrogens with one attached hydrogen (secondary N) is 1. The van der Waals surface area contributed by atoms with Gasteiger partial charge in [-0.05, 0) is 43.0 Å². The molecule has 1 aliphatic rings. The summed E-state index contributed by atoms with van der Waals surface area (Å²) >= 11 is 2.91. The predicted octanol–water partition coefficient (Wildman–Crippen LogP) is 5.48. The van der Waals surface area contributed by atoms with E-state index < -0.39 is 6.09 Å². The first-order valence-electron chi connectivity index (χ1n) is 12.1. The van der Waals surface area contributed by atoms with Crippen molar-refractivity contribution in [3.8, 4) is 22.0 Å². The second-order valence-electron chi connectivity index (χ2n) is 8.80. The number of benzene rings is 1. The molecule has 1 aliphatic heterocycles. The lowest BCUT2D eigenvalue weighted by Gasteiger charge is -2.39. The molecule has 4 heterocycles. The molecular weight excluding hydrogens is 496 g/mol. The van der Waals surface area contributed by atoms with Crippen molar-refractivity contribution in [3.05, 3.63) is 52.0 Å². The molecule has 5 rings (SSSR count). The number of nitrogens with zero attached hydrogens (tertiary/aromatic N) is 3. The minimum absolute atomic E-state index is 0.0299. The number of furan rings is 1. The third-order valence-electron chi connectivity index (χ3n) is 6.50. The first-order valence-corrected chi connectivity index (χ1v) is 13.8. The van der Waals surface area contributed by atoms with E-state index >= 15 is 0 Å². The van der Waals surface area contributed by atoms with Crippen LogP contribution in [0.4, 0.5) is 4.79 Å². The first-order chi connectivity index (χ1) is 17.5. The molecule has 188 valence electrons. The minimum Gasteiger partial charge on any atom is -0.465 e. The van der Waals surface area contributed by atoms with E-state index in [1.54, 1.807) is 0 Å². The Kier molecular flexibility index (Phi) is 7.35. The lowest BCUT2D eigenvalue weighted by molar-refractivity contribution is 0.0652. The summed E-state index contributed by atoms with van der Waals surface area (Å²) in [5.74, 6) is 0.622. The number of thiophene rings is 1. The first kappa shape index (κ1) is 24.5. The van der Waals surface area contributed by atoms with Gasteiger partial charge in [-0.3, -0.25) is 9.69 Å². The Morgan fingerprint density at radius 1 is 1.22 bits per heavy atom. The van der Waals surface area contributed by atoms with Crippen LogP contribution in [0.15, 0.2) is 51.6 Å². The Bertz CT molecular complexity index is 1330. The van der Waals surface area contributed by atoms with Crippen LogP contribution in [0.5, 0.6) is 0 Å². The van der Waals surface area contributed by atoms with Crippen molar-refractivity contribution in [2.75, 3.05) is 32.7 Å². The number of carboxylic acid groups (broad SMARTS) is 1. The predicted molar refractivity (Wildman–Crippen MR) is 143 cm³/mol. The van der Waals surface area contributed by atoms with Crippen LogP contribution >= 0.6 is 22.7 Å². The average molecular weight is 525 g/mol. The Hall–Kier alpha value is -3.21. The largest absolute Gasteiger partial charge is 0.465 e. The molecular formula is C26H28N4O4S2. The zero-order valence-corrected chi connectivity index (χ0v) is 21.6. The molecule has 0 bridgehead atoms. The van der Waals surface area contributed by atoms with Gasteiger partial charge in [0.1, 0.15) is 21.2 Å². The van der Waals surface area contributed by atoms with Gasteiger partial charge >= 0.3 is 6.09 Å². The normalized spacial score (nSPS) is 16.5. The lowest BCUT2D eigenvalue weighted by atomic mass is 10.1. The van der Waals surface area contributed by atoms with E-state index in [0.717, 1.165) is 65.5 Å². The molecule has 1 fully saturated rings. The van der Waals surface area contributed by atoms with Crippen molar-refractivity contribution in [1.29, 1.82) is 0 Å². The summed E-state index contributed by atoms with van der Waals surface area (Å²) in [6.45, 7) is 5.41. The summed E-state index contributed by atoms with van der Waals surface area (Å²) in [4.78, 5) is 33.5. The van der Waals surface area contributed by atoms with Crippen molar-refractivity contribution in [2.24, 2.45) is 0 Å². The number of para-hydroxylation sites is 1. The number of amides is 2. The van der Waals surface area contributed by atoms with Crippen LogP contribution in [0, 0.1) is 0 Å². The molecule has 1 aromatic carbocycles. The van der Waals surface area contributed by atoms with Crippen LogP contribution < -0.4 is 5.32 Å². The van der Waals surface area contributed by atoms with Gasteiger partial charge in [0.25, 0.3) is 5.91 Å². The maximum Gasteiger partial charge on any atom is 0.407 e. The third kappa shape index (κ3) is 5.16. The van der Waals surface area contributed by atoms with E-state index in [-0.39, 0.29) is 11.9 Å². The van der Waals surface area contributed by atoms with Crippen molar-refractivity contribution < 1.29 is 19.1 Å². The summed E-state index contributed by atoms with van der Waals surface area (Å²) in [5, 5.41) is 18.1. The molecule has 36 heavy (non-hydrogen) atoms. The number of carbonyl (C=O) groups is 2. The van der Waals surface area contributed by atoms with Gasteiger partial charge in [0.15, 0.2) is 5.76 Å². The maximum atomic E-state index is 12.9. The topological polar surface area (TPSA) is 98.9 Å². The van der Waals surface area contributed by atoms with Crippen LogP contribution in [-0.2, 0) is 0 Å². The average Bonchev–Trinajstić information content (AvgIpc) is 3.64. The van der Waals surface area contributed by atoms with Gasteiger partial charge in [-0.2, -0.15) is 0 Å². The van der Waals surface area contributed by atoms with Crippen LogP contribution in [0.2, 0.25) is 0 Å². The summed E-state index contributed by atoms with van der Waals surface area (Å²) in [5.41, 5.74) is 2.42. The lowest BCUT2D eigenvalue weighted by Crippen LogP contribution is -2.54. The molecule has 3 aromatic heterocycles. The van der Waals surface area contributed by atoms with Crippen LogP contribution in [0.1, 0.15) is 29.4 Å². The minimum atomic E-state index is -0.842. The van der Waals surface area contributed by atoms with Crippen molar-refractivity contribution in [1.82, 2.24) is 20.1 Å². The number of piperazine rings is 1. The fraction of sp³-hybridized carbons (Fsp3) is 0.346. The summed E-state index contributed by atoms with van der Waals surface area (Å²) < 4.78 is 5.94. The summed E-state index contributed by atoms with van der Waals surface area (Å²) in [7, 11) is 0. The van der Waals surface area contributed by atoms with Crippen molar-refractivity contribution in [2.45, 2.75) is 25.8 Å². The third-order valence-corrected chi connectivity index (χ3v) is 8.29. The highest BCUT2D eigenvalue weighted by Crippen LogP contribution is 2.35. The number of hydrogen-bond donors (Lipinski definition) is 2. The fourth-order valence-corrected chi connectivity index (χ4v) is 6.30. The SMILES string of the molecule is CCC1CN(CCCNC(=O)c2sccc2-c2nc(-c3cc4ccccc4o3)cs2)CCN1C(=O)O. The zero-order chi connectivity index (χ0) is 25.1. The smallest absolute Gasteiger partial charge is 0.407 e. The maximum absolute atomic E-state index is 12.9. The Balaban J connectivity index is 1.16. The number of thiazole rings is 1. The number of fused-ring (bicyclic) bond motifs is 1. The van der Waals surface area contributed by atoms with Crippen LogP contribution in [-0.4, -0.2) is 70.7 Å². The van der Waals surface area contributed by atoms with Gasteiger partial charge < -0.3 is 19.7 Å². The molecule has 8 nitrogen and oxygen atoms in total. The van der Waals surface area contributed by atoms with E-state index in [2.05, 4.69) is 10.2 Å². The van der Waals surface area contributed by atoms with E-state index in [4.69, 9.17) is 9.40 Å². The standard InChI is InChI=1S/C26H28N4O4S2/c1-2-18-15-29(11-12-30(18)26(32)33)10-5-9-27-24(31)23-19(8-13-35-23)25-28-20(16-36-25)22-14-17-6-3-4-7-21(17)34-22/h3-4,6-8,13-14,16,18H,2,5,9-12,15H2,1H3,(H,27,31)(H,32,33). The van der Waals surface area contributed by atoms with Crippen molar-refractivity contribution in [3.63, 3.8) is 0 Å². The molecule has 0 aliphatic carbocycles. The van der Waals surface area contributed by atoms with Crippen molar-refractivity contribution >= 4 is 45.6 Å². The van der Waals surface area contributed by atoms with Crippen LogP contribution in [0.3, 0.4) is 0 Å². The number of hydrogen-bond acceptors (Lipinski definition) is 7. The van der Waals surface area contributed by atoms with Gasteiger partial charge in [0.2, 0.25) is 0 Å². The van der Waals surface area contributed by atoms with Gasteiger partial charge in [-0.15, -0.1) is 22.7 Å². The second-order valence-corrected chi connectivity index (χ2v) is 10.6. The van der Waals surface area contributed by atoms with E-state index in [1.165, 1.54) is 27.6 Å². The van der Waals surface area contributed by atoms with Gasteiger partial charge in [0, 0.05) is 48.6 Å². The molecule has 10 heteroatoms. The summed E-state index contributed by atoms with van der Waals surface area (Å²) in [6.07, 6.45) is 0.768. The molecule has 1 atom stereocenters. The molecule has 2 N–H and O–H groups in total. The quantitative estimate of drug-likeness (QED) is 0.296. The molecule has 0 radical (unpaired) electrons. The Labute approximate surface area is 217 Å². The summed E-state index contributed by atoms with van der Waals surface area (Å²) in [6, 6.07) is 11.8. The van der Waals surface area contributed by atoms with Gasteiger partial charge in [-0.1, -0.05) is 25.1 Å². The molecule has 4 aromatic rings. The molecule has 0 spiro atoms. The highest BCUT2D eigenvalue weighted by Gasteiger charge is 2.28. The van der Waals surface area contributed by atoms with Gasteiger partial charge in [-0.25, -0.2) is 9.78 Å². The van der Waals surface area contributed by atoms with Gasteiger partial charge in [0.05, 0.1) is 0 Å². The highest BCUT2D eigenvalue weighted by molar-refractivity contribution is 7.15. The monoisotopic (exact) mass is 524 g/mol. The molecule has 1 unspecified atom stereocenters. The zero-order valence-electron chi connectivity index (χ0n) is 20.0. The Morgan fingerprint density at radius 2 is 2.08 bits per heavy atom. The highest BCUT2D eigenvalue weighted by atomic mass is 32.1. The number of rotatable bonds is 8. The fourth-order valence-electron chi connectivity index (χ4n) is 4.58.